The molecule has 1 fully saturated rings. The SMILES string of the molecule is NCc1cnc(NCC2CCC(F)(F)CC2)s1. The van der Waals surface area contributed by atoms with Gasteiger partial charge in [-0.15, -0.1) is 11.3 Å². The van der Waals surface area contributed by atoms with Gasteiger partial charge in [0.15, 0.2) is 5.13 Å². The minimum Gasteiger partial charge on any atom is -0.361 e. The predicted octanol–water partition coefficient (Wildman–Crippen LogP) is 2.84. The van der Waals surface area contributed by atoms with Gasteiger partial charge < -0.3 is 11.1 Å². The van der Waals surface area contributed by atoms with E-state index >= 15 is 0 Å². The molecule has 17 heavy (non-hydrogen) atoms. The van der Waals surface area contributed by atoms with E-state index in [4.69, 9.17) is 5.73 Å². The third-order valence-corrected chi connectivity index (χ3v) is 4.11. The highest BCUT2D eigenvalue weighted by Gasteiger charge is 2.34. The van der Waals surface area contributed by atoms with E-state index in [1.807, 2.05) is 0 Å². The molecule has 1 aromatic heterocycles. The summed E-state index contributed by atoms with van der Waals surface area (Å²) in [7, 11) is 0. The number of alkyl halides is 2. The van der Waals surface area contributed by atoms with Crippen LogP contribution in [0.15, 0.2) is 6.20 Å². The first kappa shape index (κ1) is 12.7. The van der Waals surface area contributed by atoms with E-state index in [0.29, 0.717) is 25.3 Å². The average molecular weight is 261 g/mol. The summed E-state index contributed by atoms with van der Waals surface area (Å²) >= 11 is 1.53. The molecule has 0 bridgehead atoms. The van der Waals surface area contributed by atoms with Gasteiger partial charge >= 0.3 is 0 Å². The van der Waals surface area contributed by atoms with Crippen molar-refractivity contribution in [2.75, 3.05) is 11.9 Å². The molecule has 0 amide bonds. The van der Waals surface area contributed by atoms with Gasteiger partial charge in [0.05, 0.1) is 0 Å². The normalized spacial score (nSPS) is 20.4. The summed E-state index contributed by atoms with van der Waals surface area (Å²) in [5.74, 6) is -2.11. The van der Waals surface area contributed by atoms with E-state index in [1.165, 1.54) is 11.3 Å². The van der Waals surface area contributed by atoms with E-state index in [9.17, 15) is 8.78 Å². The number of nitrogens with zero attached hydrogens (tertiary/aromatic N) is 1. The monoisotopic (exact) mass is 261 g/mol. The standard InChI is InChI=1S/C11H17F2N3S/c12-11(13)3-1-8(2-4-11)6-15-10-16-7-9(5-14)17-10/h7-8H,1-6,14H2,(H,15,16). The highest BCUT2D eigenvalue weighted by molar-refractivity contribution is 7.15. The molecule has 0 saturated heterocycles. The van der Waals surface area contributed by atoms with Crippen LogP contribution in [-0.2, 0) is 6.54 Å². The van der Waals surface area contributed by atoms with Gasteiger partial charge in [-0.05, 0) is 18.8 Å². The van der Waals surface area contributed by atoms with Crippen LogP contribution in [0.1, 0.15) is 30.6 Å². The molecule has 1 heterocycles. The van der Waals surface area contributed by atoms with Crippen molar-refractivity contribution in [2.24, 2.45) is 11.7 Å². The van der Waals surface area contributed by atoms with Crippen molar-refractivity contribution in [2.45, 2.75) is 38.2 Å². The van der Waals surface area contributed by atoms with Gasteiger partial charge in [0.25, 0.3) is 0 Å². The summed E-state index contributed by atoms with van der Waals surface area (Å²) in [4.78, 5) is 5.21. The zero-order chi connectivity index (χ0) is 12.3. The molecule has 1 aromatic rings. The molecule has 3 nitrogen and oxygen atoms in total. The Morgan fingerprint density at radius 3 is 2.76 bits per heavy atom. The maximum absolute atomic E-state index is 12.9. The Labute approximate surface area is 103 Å². The van der Waals surface area contributed by atoms with Crippen LogP contribution < -0.4 is 11.1 Å². The molecule has 1 aliphatic rings. The zero-order valence-corrected chi connectivity index (χ0v) is 10.4. The predicted molar refractivity (Wildman–Crippen MR) is 65.4 cm³/mol. The number of hydrogen-bond acceptors (Lipinski definition) is 4. The molecule has 2 rings (SSSR count). The molecular formula is C11H17F2N3S. The fraction of sp³-hybridized carbons (Fsp3) is 0.727. The van der Waals surface area contributed by atoms with Gasteiger partial charge in [-0.1, -0.05) is 0 Å². The lowest BCUT2D eigenvalue weighted by Gasteiger charge is -2.28. The molecule has 0 spiro atoms. The van der Waals surface area contributed by atoms with E-state index < -0.39 is 5.92 Å². The number of nitrogens with one attached hydrogen (secondary N) is 1. The molecule has 3 N–H and O–H groups in total. The highest BCUT2D eigenvalue weighted by atomic mass is 32.1. The number of anilines is 1. The number of thiazole rings is 1. The van der Waals surface area contributed by atoms with Gasteiger partial charge in [-0.2, -0.15) is 0 Å². The summed E-state index contributed by atoms with van der Waals surface area (Å²) in [6.07, 6.45) is 2.97. The lowest BCUT2D eigenvalue weighted by atomic mass is 9.87. The Morgan fingerprint density at radius 2 is 2.18 bits per heavy atom. The molecule has 0 aliphatic heterocycles. The molecule has 96 valence electrons. The van der Waals surface area contributed by atoms with Crippen LogP contribution in [0.4, 0.5) is 13.9 Å². The summed E-state index contributed by atoms with van der Waals surface area (Å²) < 4.78 is 25.9. The number of halogens is 2. The molecule has 0 unspecified atom stereocenters. The smallest absolute Gasteiger partial charge is 0.248 e. The Kier molecular flexibility index (Phi) is 3.93. The first-order valence-electron chi connectivity index (χ1n) is 5.85. The number of hydrogen-bond donors (Lipinski definition) is 2. The fourth-order valence-corrected chi connectivity index (χ4v) is 2.72. The van der Waals surface area contributed by atoms with Crippen LogP contribution in [0.5, 0.6) is 0 Å². The molecular weight excluding hydrogens is 244 g/mol. The van der Waals surface area contributed by atoms with Crippen LogP contribution >= 0.6 is 11.3 Å². The Balaban J connectivity index is 1.75. The van der Waals surface area contributed by atoms with Crippen molar-refractivity contribution in [3.05, 3.63) is 11.1 Å². The molecule has 1 aliphatic carbocycles. The maximum atomic E-state index is 12.9. The third kappa shape index (κ3) is 3.61. The van der Waals surface area contributed by atoms with Crippen molar-refractivity contribution in [3.63, 3.8) is 0 Å². The van der Waals surface area contributed by atoms with Crippen LogP contribution in [0, 0.1) is 5.92 Å². The van der Waals surface area contributed by atoms with E-state index in [-0.39, 0.29) is 12.8 Å². The Morgan fingerprint density at radius 1 is 1.47 bits per heavy atom. The lowest BCUT2D eigenvalue weighted by molar-refractivity contribution is -0.0443. The molecule has 6 heteroatoms. The third-order valence-electron chi connectivity index (χ3n) is 3.13. The van der Waals surface area contributed by atoms with E-state index in [0.717, 1.165) is 16.6 Å². The fourth-order valence-electron chi connectivity index (χ4n) is 2.02. The van der Waals surface area contributed by atoms with Crippen LogP contribution in [0.25, 0.3) is 0 Å². The summed E-state index contributed by atoms with van der Waals surface area (Å²) in [6.45, 7) is 1.22. The van der Waals surface area contributed by atoms with Gasteiger partial charge in [0.2, 0.25) is 5.92 Å². The average Bonchev–Trinajstić information content (AvgIpc) is 2.75. The number of rotatable bonds is 4. The van der Waals surface area contributed by atoms with Crippen molar-refractivity contribution in [1.82, 2.24) is 4.98 Å². The highest BCUT2D eigenvalue weighted by Crippen LogP contribution is 2.36. The second kappa shape index (κ2) is 5.27. The zero-order valence-electron chi connectivity index (χ0n) is 9.59. The molecule has 0 radical (unpaired) electrons. The largest absolute Gasteiger partial charge is 0.361 e. The Bertz CT molecular complexity index is 357. The second-order valence-electron chi connectivity index (χ2n) is 4.52. The first-order valence-corrected chi connectivity index (χ1v) is 6.67. The topological polar surface area (TPSA) is 50.9 Å². The summed E-state index contributed by atoms with van der Waals surface area (Å²) in [6, 6.07) is 0. The van der Waals surface area contributed by atoms with Gasteiger partial charge in [-0.3, -0.25) is 0 Å². The molecule has 0 aromatic carbocycles. The van der Waals surface area contributed by atoms with Crippen LogP contribution in [0.2, 0.25) is 0 Å². The number of aromatic nitrogens is 1. The van der Waals surface area contributed by atoms with Crippen LogP contribution in [-0.4, -0.2) is 17.5 Å². The minimum atomic E-state index is -2.44. The van der Waals surface area contributed by atoms with E-state index in [2.05, 4.69) is 10.3 Å². The van der Waals surface area contributed by atoms with Crippen molar-refractivity contribution in [1.29, 1.82) is 0 Å². The van der Waals surface area contributed by atoms with Gasteiger partial charge in [-0.25, -0.2) is 13.8 Å². The van der Waals surface area contributed by atoms with Gasteiger partial charge in [0.1, 0.15) is 0 Å². The summed E-state index contributed by atoms with van der Waals surface area (Å²) in [5.41, 5.74) is 5.49. The van der Waals surface area contributed by atoms with Gasteiger partial charge in [0, 0.05) is 37.0 Å². The first-order chi connectivity index (χ1) is 8.09. The number of nitrogens with two attached hydrogens (primary N) is 1. The van der Waals surface area contributed by atoms with Crippen molar-refractivity contribution >= 4 is 16.5 Å². The van der Waals surface area contributed by atoms with Crippen molar-refractivity contribution in [3.8, 4) is 0 Å². The summed E-state index contributed by atoms with van der Waals surface area (Å²) in [5, 5.41) is 4.04. The quantitative estimate of drug-likeness (QED) is 0.876. The second-order valence-corrected chi connectivity index (χ2v) is 5.63. The maximum Gasteiger partial charge on any atom is 0.248 e. The molecule has 0 atom stereocenters. The molecule has 1 saturated carbocycles. The Hall–Kier alpha value is -0.750. The van der Waals surface area contributed by atoms with Crippen LogP contribution in [0.3, 0.4) is 0 Å². The minimum absolute atomic E-state index is 0.0191. The lowest BCUT2D eigenvalue weighted by Crippen LogP contribution is -2.28. The van der Waals surface area contributed by atoms with E-state index in [1.54, 1.807) is 6.20 Å². The van der Waals surface area contributed by atoms with Crippen molar-refractivity contribution < 1.29 is 8.78 Å².